The maximum atomic E-state index is 7.33. The van der Waals surface area contributed by atoms with Crippen LogP contribution < -0.4 is 0 Å². The lowest BCUT2D eigenvalue weighted by Crippen LogP contribution is -2.33. The van der Waals surface area contributed by atoms with Crippen LogP contribution in [0.1, 0.15) is 0 Å². The normalized spacial score (nSPS) is 9.09. The van der Waals surface area contributed by atoms with Gasteiger partial charge in [-0.05, 0) is 5.57 Å². The van der Waals surface area contributed by atoms with Gasteiger partial charge in [-0.15, -0.1) is 0 Å². The van der Waals surface area contributed by atoms with Crippen LogP contribution in [0.4, 0.5) is 0 Å². The van der Waals surface area contributed by atoms with Crippen molar-refractivity contribution >= 4 is 9.05 Å². The third kappa shape index (κ3) is 45.7. The molecule has 0 unspecified atom stereocenters. The summed E-state index contributed by atoms with van der Waals surface area (Å²) in [7, 11) is -4.61. The molecule has 0 aromatic rings. The highest BCUT2D eigenvalue weighted by atomic mass is 28.4. The van der Waals surface area contributed by atoms with E-state index in [0.29, 0.717) is 0 Å². The SMILES string of the molecule is C=CC(=C)C=C.O[Si](O)(O)O. The summed E-state index contributed by atoms with van der Waals surface area (Å²) >= 11 is 0. The second-order valence-electron chi connectivity index (χ2n) is 1.58. The fourth-order valence-electron chi connectivity index (χ4n) is 0.0833. The average molecular weight is 176 g/mol. The minimum atomic E-state index is -4.61. The van der Waals surface area contributed by atoms with E-state index in [9.17, 15) is 0 Å². The van der Waals surface area contributed by atoms with Crippen molar-refractivity contribution < 1.29 is 19.2 Å². The molecule has 0 aliphatic rings. The first kappa shape index (κ1) is 12.9. The maximum absolute atomic E-state index is 7.33. The Bertz CT molecular complexity index is 131. The van der Waals surface area contributed by atoms with E-state index in [0.717, 1.165) is 5.57 Å². The predicted molar refractivity (Wildman–Crippen MR) is 44.2 cm³/mol. The molecule has 0 amide bonds. The third-order valence-corrected chi connectivity index (χ3v) is 0.524. The summed E-state index contributed by atoms with van der Waals surface area (Å²) in [5, 5.41) is 0. The molecule has 0 radical (unpaired) electrons. The highest BCUT2D eigenvalue weighted by Crippen LogP contribution is 1.86. The lowest BCUT2D eigenvalue weighted by Gasteiger charge is -1.91. The van der Waals surface area contributed by atoms with Crippen molar-refractivity contribution in [1.82, 2.24) is 0 Å². The molecule has 0 bridgehead atoms. The van der Waals surface area contributed by atoms with E-state index in [1.54, 1.807) is 12.2 Å². The quantitative estimate of drug-likeness (QED) is 0.331. The van der Waals surface area contributed by atoms with Crippen LogP contribution in [0.25, 0.3) is 0 Å². The summed E-state index contributed by atoms with van der Waals surface area (Å²) in [4.78, 5) is 29.3. The van der Waals surface area contributed by atoms with Gasteiger partial charge in [-0.25, -0.2) is 0 Å². The summed E-state index contributed by atoms with van der Waals surface area (Å²) in [6.07, 6.45) is 3.32. The first-order valence-electron chi connectivity index (χ1n) is 2.64. The number of allylic oxidation sites excluding steroid dienone is 3. The predicted octanol–water partition coefficient (Wildman–Crippen LogP) is -0.694. The Morgan fingerprint density at radius 3 is 1.18 bits per heavy atom. The van der Waals surface area contributed by atoms with Gasteiger partial charge in [0.05, 0.1) is 0 Å². The Labute approximate surface area is 66.6 Å². The van der Waals surface area contributed by atoms with Crippen molar-refractivity contribution in [2.24, 2.45) is 0 Å². The molecular weight excluding hydrogens is 164 g/mol. The fraction of sp³-hybridized carbons (Fsp3) is 0. The van der Waals surface area contributed by atoms with E-state index in [-0.39, 0.29) is 0 Å². The zero-order chi connectivity index (χ0) is 9.49. The zero-order valence-corrected chi connectivity index (χ0v) is 7.06. The van der Waals surface area contributed by atoms with Crippen LogP contribution in [-0.2, 0) is 0 Å². The van der Waals surface area contributed by atoms with Crippen molar-refractivity contribution in [2.45, 2.75) is 0 Å². The molecule has 0 rings (SSSR count). The molecule has 0 aliphatic heterocycles. The van der Waals surface area contributed by atoms with Crippen molar-refractivity contribution in [3.8, 4) is 0 Å². The lowest BCUT2D eigenvalue weighted by molar-refractivity contribution is 0.117. The highest BCUT2D eigenvalue weighted by molar-refractivity contribution is 6.46. The fourth-order valence-corrected chi connectivity index (χ4v) is 0.0833. The van der Waals surface area contributed by atoms with E-state index < -0.39 is 9.05 Å². The van der Waals surface area contributed by atoms with E-state index in [4.69, 9.17) is 19.2 Å². The largest absolute Gasteiger partial charge is 0.668 e. The van der Waals surface area contributed by atoms with E-state index in [1.807, 2.05) is 0 Å². The van der Waals surface area contributed by atoms with Crippen LogP contribution in [-0.4, -0.2) is 28.2 Å². The standard InChI is InChI=1S/C6H8.H4O4Si/c1-4-6(3)5-2;1-5(2,3)4/h4-5H,1-3H2;1-4H. The molecular formula is C6H12O4Si. The topological polar surface area (TPSA) is 80.9 Å². The van der Waals surface area contributed by atoms with Crippen molar-refractivity contribution in [1.29, 1.82) is 0 Å². The molecule has 64 valence electrons. The Morgan fingerprint density at radius 2 is 1.18 bits per heavy atom. The summed E-state index contributed by atoms with van der Waals surface area (Å²) in [5.41, 5.74) is 0.870. The van der Waals surface area contributed by atoms with Crippen LogP contribution in [0.3, 0.4) is 0 Å². The summed E-state index contributed by atoms with van der Waals surface area (Å²) < 4.78 is 0. The Kier molecular flexibility index (Phi) is 7.06. The van der Waals surface area contributed by atoms with Gasteiger partial charge in [-0.3, -0.25) is 0 Å². The van der Waals surface area contributed by atoms with Crippen LogP contribution in [0, 0.1) is 0 Å². The average Bonchev–Trinajstić information content (AvgIpc) is 1.83. The summed E-state index contributed by atoms with van der Waals surface area (Å²) in [6, 6.07) is 0. The second-order valence-corrected chi connectivity index (χ2v) is 2.78. The first-order valence-corrected chi connectivity index (χ1v) is 4.43. The maximum Gasteiger partial charge on any atom is 0.668 e. The van der Waals surface area contributed by atoms with Gasteiger partial charge in [0, 0.05) is 0 Å². The Morgan fingerprint density at radius 1 is 1.00 bits per heavy atom. The molecule has 0 aromatic heterocycles. The second kappa shape index (κ2) is 6.02. The molecule has 0 saturated heterocycles. The molecule has 4 nitrogen and oxygen atoms in total. The smallest absolute Gasteiger partial charge is 0.368 e. The number of rotatable bonds is 2. The highest BCUT2D eigenvalue weighted by Gasteiger charge is 2.22. The van der Waals surface area contributed by atoms with Crippen LogP contribution in [0.2, 0.25) is 0 Å². The summed E-state index contributed by atoms with van der Waals surface area (Å²) in [6.45, 7) is 10.5. The van der Waals surface area contributed by atoms with E-state index in [2.05, 4.69) is 19.7 Å². The lowest BCUT2D eigenvalue weighted by atomic mass is 10.3. The molecule has 4 N–H and O–H groups in total. The minimum absolute atomic E-state index is 0.870. The molecule has 0 saturated carbocycles. The number of hydrogen-bond donors (Lipinski definition) is 4. The molecule has 0 fully saturated rings. The van der Waals surface area contributed by atoms with Gasteiger partial charge < -0.3 is 19.2 Å². The van der Waals surface area contributed by atoms with Gasteiger partial charge in [-0.2, -0.15) is 0 Å². The van der Waals surface area contributed by atoms with Gasteiger partial charge in [-0.1, -0.05) is 31.9 Å². The molecule has 0 atom stereocenters. The first-order chi connectivity index (χ1) is 4.81. The Balaban J connectivity index is 0. The zero-order valence-electron chi connectivity index (χ0n) is 6.06. The van der Waals surface area contributed by atoms with Crippen LogP contribution in [0.5, 0.6) is 0 Å². The molecule has 0 aliphatic carbocycles. The molecule has 0 heterocycles. The van der Waals surface area contributed by atoms with Gasteiger partial charge >= 0.3 is 9.05 Å². The monoisotopic (exact) mass is 176 g/mol. The number of hydrogen-bond acceptors (Lipinski definition) is 4. The minimum Gasteiger partial charge on any atom is -0.368 e. The van der Waals surface area contributed by atoms with Crippen LogP contribution in [0.15, 0.2) is 37.5 Å². The van der Waals surface area contributed by atoms with E-state index >= 15 is 0 Å². The third-order valence-electron chi connectivity index (χ3n) is 0.524. The van der Waals surface area contributed by atoms with Crippen molar-refractivity contribution in [2.75, 3.05) is 0 Å². The van der Waals surface area contributed by atoms with Gasteiger partial charge in [0.15, 0.2) is 0 Å². The van der Waals surface area contributed by atoms with Gasteiger partial charge in [0.25, 0.3) is 0 Å². The van der Waals surface area contributed by atoms with Crippen molar-refractivity contribution in [3.63, 3.8) is 0 Å². The van der Waals surface area contributed by atoms with Gasteiger partial charge in [0.1, 0.15) is 0 Å². The molecule has 0 spiro atoms. The van der Waals surface area contributed by atoms with Crippen LogP contribution >= 0.6 is 0 Å². The van der Waals surface area contributed by atoms with E-state index in [1.165, 1.54) is 0 Å². The Hall–Kier alpha value is -0.723. The van der Waals surface area contributed by atoms with Gasteiger partial charge in [0.2, 0.25) is 0 Å². The van der Waals surface area contributed by atoms with Crippen molar-refractivity contribution in [3.05, 3.63) is 37.5 Å². The molecule has 11 heavy (non-hydrogen) atoms. The summed E-state index contributed by atoms with van der Waals surface area (Å²) in [5.74, 6) is 0. The molecule has 0 aromatic carbocycles. The molecule has 5 heteroatoms.